The molecular weight excluding hydrogens is 509 g/mol. The van der Waals surface area contributed by atoms with E-state index in [9.17, 15) is 22.8 Å². The summed E-state index contributed by atoms with van der Waals surface area (Å²) in [5.74, 6) is -0.960. The highest BCUT2D eigenvalue weighted by Crippen LogP contribution is 2.32. The number of anilines is 1. The number of nitrogens with one attached hydrogen (secondary N) is 3. The van der Waals surface area contributed by atoms with Crippen molar-refractivity contribution in [2.24, 2.45) is 0 Å². The lowest BCUT2D eigenvalue weighted by Crippen LogP contribution is -2.23. The van der Waals surface area contributed by atoms with Crippen LogP contribution in [0.25, 0.3) is 11.0 Å². The van der Waals surface area contributed by atoms with Gasteiger partial charge in [0, 0.05) is 19.3 Å². The predicted molar refractivity (Wildman–Crippen MR) is 136 cm³/mol. The Morgan fingerprint density at radius 3 is 2.38 bits per heavy atom. The molecule has 0 aliphatic heterocycles. The number of methoxy groups -OCH3 is 1. The van der Waals surface area contributed by atoms with E-state index in [-0.39, 0.29) is 36.8 Å². The smallest absolute Gasteiger partial charge is 0.377 e. The number of hydrogen-bond acceptors (Lipinski definition) is 4. The van der Waals surface area contributed by atoms with Gasteiger partial charge in [0.05, 0.1) is 22.2 Å². The molecule has 0 unspecified atom stereocenters. The number of halogens is 4. The topological polar surface area (TPSA) is 96.1 Å². The molecule has 0 radical (unpaired) electrons. The first kappa shape index (κ1) is 27.7. The van der Waals surface area contributed by atoms with Gasteiger partial charge in [-0.25, -0.2) is 4.98 Å². The fourth-order valence-corrected chi connectivity index (χ4v) is 3.73. The fraction of sp³-hybridized carbons (Fsp3) is 0.192. The van der Waals surface area contributed by atoms with Crippen molar-refractivity contribution >= 4 is 40.9 Å². The molecule has 4 rings (SSSR count). The molecule has 194 valence electrons. The Labute approximate surface area is 216 Å². The molecule has 0 aliphatic carbocycles. The third-order valence-corrected chi connectivity index (χ3v) is 5.47. The van der Waals surface area contributed by atoms with Crippen LogP contribution in [0, 0.1) is 6.92 Å². The van der Waals surface area contributed by atoms with Gasteiger partial charge in [0.1, 0.15) is 17.9 Å². The molecule has 3 N–H and O–H groups in total. The van der Waals surface area contributed by atoms with Crippen LogP contribution in [-0.2, 0) is 24.1 Å². The Morgan fingerprint density at radius 1 is 1.00 bits per heavy atom. The maximum absolute atomic E-state index is 13.4. The molecule has 1 heterocycles. The Balaban J connectivity index is 0.00000380. The van der Waals surface area contributed by atoms with Gasteiger partial charge >= 0.3 is 6.18 Å². The van der Waals surface area contributed by atoms with Gasteiger partial charge in [-0.1, -0.05) is 42.0 Å². The highest BCUT2D eigenvalue weighted by atomic mass is 35.5. The van der Waals surface area contributed by atoms with E-state index >= 15 is 0 Å². The van der Waals surface area contributed by atoms with Gasteiger partial charge in [0.15, 0.2) is 0 Å². The van der Waals surface area contributed by atoms with Crippen molar-refractivity contribution < 1.29 is 27.5 Å². The Kier molecular flexibility index (Phi) is 8.57. The molecule has 0 bridgehead atoms. The Bertz CT molecular complexity index is 1420. The van der Waals surface area contributed by atoms with Crippen molar-refractivity contribution in [3.63, 3.8) is 0 Å². The third kappa shape index (κ3) is 6.46. The zero-order chi connectivity index (χ0) is 25.9. The Morgan fingerprint density at radius 2 is 1.70 bits per heavy atom. The van der Waals surface area contributed by atoms with Gasteiger partial charge in [-0.15, -0.1) is 12.4 Å². The molecule has 2 amide bonds. The third-order valence-electron chi connectivity index (χ3n) is 5.47. The first-order valence-corrected chi connectivity index (χ1v) is 11.0. The largest absolute Gasteiger partial charge is 0.417 e. The summed E-state index contributed by atoms with van der Waals surface area (Å²) in [4.78, 5) is 33.3. The van der Waals surface area contributed by atoms with Gasteiger partial charge in [0.25, 0.3) is 11.8 Å². The number of amides is 2. The maximum Gasteiger partial charge on any atom is 0.417 e. The van der Waals surface area contributed by atoms with E-state index in [0.717, 1.165) is 23.3 Å². The number of nitrogens with zero attached hydrogens (tertiary/aromatic N) is 1. The molecule has 3 aromatic carbocycles. The number of benzene rings is 3. The van der Waals surface area contributed by atoms with Crippen LogP contribution < -0.4 is 10.6 Å². The standard InChI is InChI=1S/C26H23F3N4O3.ClH/c1-15-7-9-16(10-8-15)13-30-24(34)19-11-17(12-21-23(19)33-22(32-21)14-36-2)31-25(35)18-5-3-4-6-20(18)26(27,28)29;/h3-12H,13-14H2,1-2H3,(H,30,34)(H,31,35)(H,32,33);1H. The number of carbonyl (C=O) groups excluding carboxylic acids is 2. The first-order valence-electron chi connectivity index (χ1n) is 11.0. The summed E-state index contributed by atoms with van der Waals surface area (Å²) in [6, 6.07) is 15.0. The van der Waals surface area contributed by atoms with Gasteiger partial charge < -0.3 is 20.4 Å². The zero-order valence-corrected chi connectivity index (χ0v) is 20.7. The van der Waals surface area contributed by atoms with Crippen LogP contribution in [-0.4, -0.2) is 28.9 Å². The summed E-state index contributed by atoms with van der Waals surface area (Å²) < 4.78 is 45.3. The molecule has 11 heteroatoms. The minimum atomic E-state index is -4.70. The number of aromatic nitrogens is 2. The number of ether oxygens (including phenoxy) is 1. The Hall–Kier alpha value is -3.89. The van der Waals surface area contributed by atoms with Crippen LogP contribution in [0.2, 0.25) is 0 Å². The van der Waals surface area contributed by atoms with Crippen molar-refractivity contribution in [3.05, 3.63) is 94.3 Å². The highest BCUT2D eigenvalue weighted by molar-refractivity contribution is 6.10. The monoisotopic (exact) mass is 532 g/mol. The van der Waals surface area contributed by atoms with Crippen molar-refractivity contribution in [1.82, 2.24) is 15.3 Å². The lowest BCUT2D eigenvalue weighted by atomic mass is 10.1. The SMILES string of the molecule is COCc1nc2c(C(=O)NCc3ccc(C)cc3)cc(NC(=O)c3ccccc3C(F)(F)F)cc2[nH]1.Cl. The number of alkyl halides is 3. The van der Waals surface area contributed by atoms with E-state index in [0.29, 0.717) is 16.9 Å². The summed E-state index contributed by atoms with van der Waals surface area (Å²) in [5.41, 5.74) is 1.45. The van der Waals surface area contributed by atoms with Crippen LogP contribution in [0.4, 0.5) is 18.9 Å². The van der Waals surface area contributed by atoms with Gasteiger partial charge in [-0.3, -0.25) is 9.59 Å². The molecular formula is C26H24ClF3N4O3. The predicted octanol–water partition coefficient (Wildman–Crippen LogP) is 5.64. The number of fused-ring (bicyclic) bond motifs is 1. The number of H-pyrrole nitrogens is 1. The van der Waals surface area contributed by atoms with E-state index in [1.165, 1.54) is 31.4 Å². The van der Waals surface area contributed by atoms with Gasteiger partial charge in [-0.2, -0.15) is 13.2 Å². The van der Waals surface area contributed by atoms with Crippen LogP contribution in [0.1, 0.15) is 43.2 Å². The van der Waals surface area contributed by atoms with Gasteiger partial charge in [-0.05, 0) is 36.8 Å². The second-order valence-corrected chi connectivity index (χ2v) is 8.20. The zero-order valence-electron chi connectivity index (χ0n) is 19.9. The number of imidazole rings is 1. The van der Waals surface area contributed by atoms with E-state index in [1.54, 1.807) is 0 Å². The van der Waals surface area contributed by atoms with Crippen LogP contribution >= 0.6 is 12.4 Å². The molecule has 7 nitrogen and oxygen atoms in total. The number of carbonyl (C=O) groups is 2. The molecule has 0 atom stereocenters. The molecule has 1 aromatic heterocycles. The van der Waals surface area contributed by atoms with E-state index < -0.39 is 29.1 Å². The second-order valence-electron chi connectivity index (χ2n) is 8.20. The van der Waals surface area contributed by atoms with Crippen LogP contribution in [0.15, 0.2) is 60.7 Å². The lowest BCUT2D eigenvalue weighted by Gasteiger charge is -2.13. The molecule has 0 saturated carbocycles. The minimum absolute atomic E-state index is 0. The number of aromatic amines is 1. The highest BCUT2D eigenvalue weighted by Gasteiger charge is 2.35. The molecule has 37 heavy (non-hydrogen) atoms. The molecule has 0 saturated heterocycles. The molecule has 0 spiro atoms. The quantitative estimate of drug-likeness (QED) is 0.287. The van der Waals surface area contributed by atoms with E-state index in [4.69, 9.17) is 4.74 Å². The van der Waals surface area contributed by atoms with Crippen LogP contribution in [0.5, 0.6) is 0 Å². The fourth-order valence-electron chi connectivity index (χ4n) is 3.73. The number of hydrogen-bond donors (Lipinski definition) is 3. The summed E-state index contributed by atoms with van der Waals surface area (Å²) in [6.45, 7) is 2.37. The molecule has 0 fully saturated rings. The van der Waals surface area contributed by atoms with Crippen molar-refractivity contribution in [3.8, 4) is 0 Å². The lowest BCUT2D eigenvalue weighted by molar-refractivity contribution is -0.137. The number of rotatable bonds is 7. The van der Waals surface area contributed by atoms with Crippen molar-refractivity contribution in [2.75, 3.05) is 12.4 Å². The van der Waals surface area contributed by atoms with Crippen LogP contribution in [0.3, 0.4) is 0 Å². The summed E-state index contributed by atoms with van der Waals surface area (Å²) >= 11 is 0. The average Bonchev–Trinajstić information content (AvgIpc) is 3.25. The second kappa shape index (κ2) is 11.4. The minimum Gasteiger partial charge on any atom is -0.377 e. The maximum atomic E-state index is 13.4. The summed E-state index contributed by atoms with van der Waals surface area (Å²) in [5, 5.41) is 5.31. The normalized spacial score (nSPS) is 11.2. The van der Waals surface area contributed by atoms with E-state index in [1.807, 2.05) is 31.2 Å². The van der Waals surface area contributed by atoms with E-state index in [2.05, 4.69) is 20.6 Å². The molecule has 4 aromatic rings. The number of aryl methyl sites for hydroxylation is 1. The average molecular weight is 533 g/mol. The summed E-state index contributed by atoms with van der Waals surface area (Å²) in [6.07, 6.45) is -4.70. The first-order chi connectivity index (χ1) is 17.2. The van der Waals surface area contributed by atoms with Gasteiger partial charge in [0.2, 0.25) is 0 Å². The molecule has 0 aliphatic rings. The summed E-state index contributed by atoms with van der Waals surface area (Å²) in [7, 11) is 1.49. The van der Waals surface area contributed by atoms with Crippen molar-refractivity contribution in [1.29, 1.82) is 0 Å². The van der Waals surface area contributed by atoms with Crippen molar-refractivity contribution in [2.45, 2.75) is 26.3 Å².